The van der Waals surface area contributed by atoms with Gasteiger partial charge in [0.25, 0.3) is 0 Å². The van der Waals surface area contributed by atoms with Gasteiger partial charge < -0.3 is 10.4 Å². The van der Waals surface area contributed by atoms with Gasteiger partial charge >= 0.3 is 5.97 Å². The summed E-state index contributed by atoms with van der Waals surface area (Å²) < 4.78 is 0. The van der Waals surface area contributed by atoms with Crippen LogP contribution in [0.1, 0.15) is 28.5 Å². The molecule has 0 atom stereocenters. The number of hydrogen-bond donors (Lipinski definition) is 2. The first-order valence-corrected chi connectivity index (χ1v) is 6.21. The van der Waals surface area contributed by atoms with E-state index in [0.29, 0.717) is 12.2 Å². The van der Waals surface area contributed by atoms with E-state index in [-0.39, 0.29) is 5.56 Å². The molecule has 0 fully saturated rings. The second-order valence-electron chi connectivity index (χ2n) is 4.17. The van der Waals surface area contributed by atoms with Crippen LogP contribution in [0.2, 0.25) is 0 Å². The summed E-state index contributed by atoms with van der Waals surface area (Å²) in [5.74, 6) is -0.931. The molecule has 98 valence electrons. The molecule has 0 radical (unpaired) electrons. The minimum Gasteiger partial charge on any atom is -0.478 e. The maximum Gasteiger partial charge on any atom is 0.337 e. The molecular weight excluding hydrogens is 240 g/mol. The molecule has 0 spiro atoms. The van der Waals surface area contributed by atoms with Gasteiger partial charge in [-0.3, -0.25) is 4.98 Å². The number of carbonyl (C=O) groups is 1. The third kappa shape index (κ3) is 3.10. The number of anilines is 1. The van der Waals surface area contributed by atoms with Crippen molar-refractivity contribution in [1.29, 1.82) is 0 Å². The monoisotopic (exact) mass is 256 g/mol. The van der Waals surface area contributed by atoms with Gasteiger partial charge in [-0.05, 0) is 30.2 Å². The van der Waals surface area contributed by atoms with E-state index >= 15 is 0 Å². The van der Waals surface area contributed by atoms with Crippen LogP contribution in [0.15, 0.2) is 42.6 Å². The number of benzene rings is 1. The molecule has 1 aromatic heterocycles. The number of aromatic carboxylic acids is 1. The van der Waals surface area contributed by atoms with Crippen LogP contribution >= 0.6 is 0 Å². The fourth-order valence-corrected chi connectivity index (χ4v) is 1.96. The molecule has 0 unspecified atom stereocenters. The predicted molar refractivity (Wildman–Crippen MR) is 74.3 cm³/mol. The molecule has 19 heavy (non-hydrogen) atoms. The van der Waals surface area contributed by atoms with E-state index in [1.807, 2.05) is 18.2 Å². The van der Waals surface area contributed by atoms with Gasteiger partial charge in [0.05, 0.1) is 17.8 Å². The van der Waals surface area contributed by atoms with Gasteiger partial charge in [0, 0.05) is 11.9 Å². The quantitative estimate of drug-likeness (QED) is 0.863. The number of aromatic nitrogens is 1. The summed E-state index contributed by atoms with van der Waals surface area (Å²) in [7, 11) is 0. The zero-order chi connectivity index (χ0) is 13.7. The summed E-state index contributed by atoms with van der Waals surface area (Å²) in [6.07, 6.45) is 2.66. The second kappa shape index (κ2) is 6.00. The van der Waals surface area contributed by atoms with Crippen LogP contribution in [-0.4, -0.2) is 16.1 Å². The highest BCUT2D eigenvalue weighted by Crippen LogP contribution is 2.16. The summed E-state index contributed by atoms with van der Waals surface area (Å²) >= 11 is 0. The average Bonchev–Trinajstić information content (AvgIpc) is 2.45. The molecule has 0 saturated carbocycles. The summed E-state index contributed by atoms with van der Waals surface area (Å²) in [6.45, 7) is 2.60. The van der Waals surface area contributed by atoms with Gasteiger partial charge in [-0.2, -0.15) is 0 Å². The van der Waals surface area contributed by atoms with Gasteiger partial charge in [0.1, 0.15) is 0 Å². The van der Waals surface area contributed by atoms with E-state index < -0.39 is 5.97 Å². The Bertz CT molecular complexity index is 582. The maximum absolute atomic E-state index is 11.1. The van der Waals surface area contributed by atoms with Gasteiger partial charge in [0.2, 0.25) is 0 Å². The average molecular weight is 256 g/mol. The third-order valence-corrected chi connectivity index (χ3v) is 2.97. The molecule has 4 heteroatoms. The Labute approximate surface area is 112 Å². The van der Waals surface area contributed by atoms with Crippen LogP contribution in [0.25, 0.3) is 0 Å². The van der Waals surface area contributed by atoms with Crippen molar-refractivity contribution < 1.29 is 9.90 Å². The lowest BCUT2D eigenvalue weighted by Gasteiger charge is -2.11. The van der Waals surface area contributed by atoms with Crippen LogP contribution < -0.4 is 5.32 Å². The van der Waals surface area contributed by atoms with Crippen molar-refractivity contribution in [2.75, 3.05) is 5.32 Å². The summed E-state index contributed by atoms with van der Waals surface area (Å²) in [5, 5.41) is 12.3. The molecule has 0 aliphatic carbocycles. The fourth-order valence-electron chi connectivity index (χ4n) is 1.96. The first-order valence-electron chi connectivity index (χ1n) is 6.21. The lowest BCUT2D eigenvalue weighted by molar-refractivity contribution is 0.0698. The molecule has 2 N–H and O–H groups in total. The molecular formula is C15H16N2O2. The number of carboxylic acids is 1. The van der Waals surface area contributed by atoms with E-state index in [9.17, 15) is 4.79 Å². The van der Waals surface area contributed by atoms with Gasteiger partial charge in [-0.1, -0.05) is 25.1 Å². The Morgan fingerprint density at radius 3 is 2.79 bits per heavy atom. The highest BCUT2D eigenvalue weighted by atomic mass is 16.4. The minimum absolute atomic E-state index is 0.275. The number of hydrogen-bond acceptors (Lipinski definition) is 3. The number of carboxylic acid groups (broad SMARTS) is 1. The highest BCUT2D eigenvalue weighted by molar-refractivity contribution is 5.94. The van der Waals surface area contributed by atoms with E-state index in [0.717, 1.165) is 12.1 Å². The van der Waals surface area contributed by atoms with Crippen LogP contribution in [0.3, 0.4) is 0 Å². The number of nitrogens with zero attached hydrogens (tertiary/aromatic N) is 1. The molecule has 0 aliphatic heterocycles. The fraction of sp³-hybridized carbons (Fsp3) is 0.200. The maximum atomic E-state index is 11.1. The van der Waals surface area contributed by atoms with E-state index in [2.05, 4.69) is 17.2 Å². The zero-order valence-corrected chi connectivity index (χ0v) is 10.8. The van der Waals surface area contributed by atoms with Crippen molar-refractivity contribution in [2.24, 2.45) is 0 Å². The van der Waals surface area contributed by atoms with Gasteiger partial charge in [-0.15, -0.1) is 0 Å². The van der Waals surface area contributed by atoms with E-state index in [4.69, 9.17) is 5.11 Å². The summed E-state index contributed by atoms with van der Waals surface area (Å²) in [4.78, 5) is 15.4. The van der Waals surface area contributed by atoms with Crippen molar-refractivity contribution in [3.05, 3.63) is 59.4 Å². The topological polar surface area (TPSA) is 62.2 Å². The van der Waals surface area contributed by atoms with Crippen molar-refractivity contribution in [3.8, 4) is 0 Å². The first kappa shape index (κ1) is 13.1. The van der Waals surface area contributed by atoms with Crippen LogP contribution in [0.5, 0.6) is 0 Å². The SMILES string of the molecule is CCc1cccnc1CNc1ccccc1C(=O)O. The number of pyridine rings is 1. The summed E-state index contributed by atoms with van der Waals surface area (Å²) in [6, 6.07) is 10.8. The molecule has 1 heterocycles. The van der Waals surface area contributed by atoms with Crippen molar-refractivity contribution in [2.45, 2.75) is 19.9 Å². The predicted octanol–water partition coefficient (Wildman–Crippen LogP) is 2.95. The number of nitrogens with one attached hydrogen (secondary N) is 1. The van der Waals surface area contributed by atoms with Crippen molar-refractivity contribution in [3.63, 3.8) is 0 Å². The Hall–Kier alpha value is -2.36. The van der Waals surface area contributed by atoms with Gasteiger partial charge in [0.15, 0.2) is 0 Å². The Morgan fingerprint density at radius 1 is 1.26 bits per heavy atom. The second-order valence-corrected chi connectivity index (χ2v) is 4.17. The Morgan fingerprint density at radius 2 is 2.05 bits per heavy atom. The van der Waals surface area contributed by atoms with E-state index in [1.165, 1.54) is 5.56 Å². The minimum atomic E-state index is -0.931. The molecule has 0 aliphatic rings. The normalized spacial score (nSPS) is 10.2. The van der Waals surface area contributed by atoms with E-state index in [1.54, 1.807) is 24.4 Å². The lowest BCUT2D eigenvalue weighted by atomic mass is 10.1. The number of rotatable bonds is 5. The van der Waals surface area contributed by atoms with Crippen molar-refractivity contribution in [1.82, 2.24) is 4.98 Å². The lowest BCUT2D eigenvalue weighted by Crippen LogP contribution is -2.08. The van der Waals surface area contributed by atoms with Crippen molar-refractivity contribution >= 4 is 11.7 Å². The molecule has 1 aromatic carbocycles. The largest absolute Gasteiger partial charge is 0.478 e. The molecule has 0 amide bonds. The van der Waals surface area contributed by atoms with Crippen LogP contribution in [0.4, 0.5) is 5.69 Å². The van der Waals surface area contributed by atoms with Gasteiger partial charge in [-0.25, -0.2) is 4.79 Å². The molecule has 4 nitrogen and oxygen atoms in total. The zero-order valence-electron chi connectivity index (χ0n) is 10.8. The molecule has 0 saturated heterocycles. The molecule has 2 rings (SSSR count). The Kier molecular flexibility index (Phi) is 4.13. The highest BCUT2D eigenvalue weighted by Gasteiger charge is 2.09. The van der Waals surface area contributed by atoms with Crippen LogP contribution in [0, 0.1) is 0 Å². The standard InChI is InChI=1S/C15H16N2O2/c1-2-11-6-5-9-16-14(11)10-17-13-8-4-3-7-12(13)15(18)19/h3-9,17H,2,10H2,1H3,(H,18,19). The smallest absolute Gasteiger partial charge is 0.337 e. The molecule has 2 aromatic rings. The first-order chi connectivity index (χ1) is 9.22. The number of aryl methyl sites for hydroxylation is 1. The molecule has 0 bridgehead atoms. The number of para-hydroxylation sites is 1. The van der Waals surface area contributed by atoms with Crippen LogP contribution in [-0.2, 0) is 13.0 Å². The summed E-state index contributed by atoms with van der Waals surface area (Å²) in [5.41, 5.74) is 3.01. The Balaban J connectivity index is 2.17. The third-order valence-electron chi connectivity index (χ3n) is 2.97.